The molecule has 0 radical (unpaired) electrons. The Morgan fingerprint density at radius 1 is 0.895 bits per heavy atom. The summed E-state index contributed by atoms with van der Waals surface area (Å²) in [5.74, 6) is 1.45. The summed E-state index contributed by atoms with van der Waals surface area (Å²) in [6.45, 7) is 6.86. The molecule has 38 heavy (non-hydrogen) atoms. The van der Waals surface area contributed by atoms with Gasteiger partial charge in [0.1, 0.15) is 19.0 Å². The van der Waals surface area contributed by atoms with Crippen molar-refractivity contribution in [1.82, 2.24) is 4.90 Å². The van der Waals surface area contributed by atoms with Crippen molar-refractivity contribution in [3.8, 4) is 17.2 Å². The van der Waals surface area contributed by atoms with E-state index in [4.69, 9.17) is 37.4 Å². The molecule has 0 atom stereocenters. The summed E-state index contributed by atoms with van der Waals surface area (Å²) >= 11 is 13.1. The van der Waals surface area contributed by atoms with Crippen LogP contribution in [0.15, 0.2) is 59.5 Å². The Hall–Kier alpha value is -3.13. The van der Waals surface area contributed by atoms with Crippen molar-refractivity contribution in [2.24, 2.45) is 0 Å². The number of benzene rings is 3. The van der Waals surface area contributed by atoms with Crippen LogP contribution in [0.4, 0.5) is 4.79 Å². The number of thioether (sulfide) groups is 1. The molecule has 1 fully saturated rings. The molecule has 0 saturated carbocycles. The van der Waals surface area contributed by atoms with Crippen LogP contribution in [0, 0.1) is 13.8 Å². The summed E-state index contributed by atoms with van der Waals surface area (Å²) < 4.78 is 17.6. The number of carbonyl (C=O) groups is 2. The molecule has 0 aliphatic carbocycles. The van der Waals surface area contributed by atoms with E-state index in [2.05, 4.69) is 0 Å². The summed E-state index contributed by atoms with van der Waals surface area (Å²) in [4.78, 5) is 27.1. The maximum Gasteiger partial charge on any atom is 0.293 e. The molecule has 3 aromatic carbocycles. The van der Waals surface area contributed by atoms with Gasteiger partial charge in [-0.1, -0.05) is 47.5 Å². The molecule has 0 bridgehead atoms. The zero-order valence-corrected chi connectivity index (χ0v) is 23.6. The number of aryl methyl sites for hydroxylation is 2. The van der Waals surface area contributed by atoms with Gasteiger partial charge >= 0.3 is 0 Å². The number of nitrogens with zero attached hydrogens (tertiary/aromatic N) is 1. The number of amides is 2. The van der Waals surface area contributed by atoms with Crippen LogP contribution in [-0.4, -0.2) is 35.8 Å². The fourth-order valence-electron chi connectivity index (χ4n) is 3.75. The second kappa shape index (κ2) is 12.6. The Morgan fingerprint density at radius 2 is 1.71 bits per heavy atom. The van der Waals surface area contributed by atoms with E-state index in [-0.39, 0.29) is 30.9 Å². The lowest BCUT2D eigenvalue weighted by Gasteiger charge is -2.15. The van der Waals surface area contributed by atoms with Crippen molar-refractivity contribution in [1.29, 1.82) is 0 Å². The predicted molar refractivity (Wildman–Crippen MR) is 152 cm³/mol. The standard InChI is InChI=1S/C29H27Cl2NO5S/c1-4-35-26-14-20(7-10-24(26)37-17-21-8-9-22(30)16-23(21)31)15-27-28(33)32(29(34)38-27)11-12-36-25-13-18(2)5-6-19(25)3/h5-10,13-16H,4,11-12,17H2,1-3H3/b27-15-. The Labute approximate surface area is 236 Å². The molecule has 0 aromatic heterocycles. The minimum Gasteiger partial charge on any atom is -0.491 e. The minimum atomic E-state index is -0.347. The van der Waals surface area contributed by atoms with Gasteiger partial charge in [-0.05, 0) is 85.6 Å². The van der Waals surface area contributed by atoms with Gasteiger partial charge < -0.3 is 14.2 Å². The van der Waals surface area contributed by atoms with Gasteiger partial charge in [-0.25, -0.2) is 0 Å². The molecule has 2 amide bonds. The second-order valence-corrected chi connectivity index (χ2v) is 10.5. The van der Waals surface area contributed by atoms with Crippen LogP contribution in [0.1, 0.15) is 29.2 Å². The van der Waals surface area contributed by atoms with Gasteiger partial charge in [-0.3, -0.25) is 14.5 Å². The molecule has 4 rings (SSSR count). The molecular weight excluding hydrogens is 545 g/mol. The predicted octanol–water partition coefficient (Wildman–Crippen LogP) is 7.70. The van der Waals surface area contributed by atoms with Crippen LogP contribution >= 0.6 is 35.0 Å². The molecule has 3 aromatic rings. The average Bonchev–Trinajstić information content (AvgIpc) is 3.14. The first-order valence-corrected chi connectivity index (χ1v) is 13.6. The highest BCUT2D eigenvalue weighted by molar-refractivity contribution is 8.18. The Bertz CT molecular complexity index is 1390. The van der Waals surface area contributed by atoms with E-state index >= 15 is 0 Å². The number of rotatable bonds is 10. The van der Waals surface area contributed by atoms with Gasteiger partial charge in [-0.15, -0.1) is 0 Å². The van der Waals surface area contributed by atoms with Crippen LogP contribution in [0.5, 0.6) is 17.2 Å². The lowest BCUT2D eigenvalue weighted by atomic mass is 10.1. The molecular formula is C29H27Cl2NO5S. The lowest BCUT2D eigenvalue weighted by molar-refractivity contribution is -0.123. The molecule has 198 valence electrons. The smallest absolute Gasteiger partial charge is 0.293 e. The number of ether oxygens (including phenoxy) is 3. The number of hydrogen-bond acceptors (Lipinski definition) is 6. The monoisotopic (exact) mass is 571 g/mol. The van der Waals surface area contributed by atoms with Gasteiger partial charge in [0.15, 0.2) is 11.5 Å². The van der Waals surface area contributed by atoms with Crippen LogP contribution in [0.25, 0.3) is 6.08 Å². The molecule has 0 spiro atoms. The van der Waals surface area contributed by atoms with Crippen molar-refractivity contribution in [2.45, 2.75) is 27.4 Å². The lowest BCUT2D eigenvalue weighted by Crippen LogP contribution is -2.32. The molecule has 1 saturated heterocycles. The molecule has 0 N–H and O–H groups in total. The number of hydrogen-bond donors (Lipinski definition) is 0. The highest BCUT2D eigenvalue weighted by Crippen LogP contribution is 2.35. The van der Waals surface area contributed by atoms with Gasteiger partial charge in [-0.2, -0.15) is 0 Å². The van der Waals surface area contributed by atoms with E-state index in [1.165, 1.54) is 4.90 Å². The number of imide groups is 1. The van der Waals surface area contributed by atoms with E-state index < -0.39 is 0 Å². The van der Waals surface area contributed by atoms with Crippen LogP contribution in [0.3, 0.4) is 0 Å². The van der Waals surface area contributed by atoms with Gasteiger partial charge in [0.05, 0.1) is 18.1 Å². The van der Waals surface area contributed by atoms with Gasteiger partial charge in [0.2, 0.25) is 0 Å². The number of halogens is 2. The largest absolute Gasteiger partial charge is 0.491 e. The Kier molecular flexibility index (Phi) is 9.26. The van der Waals surface area contributed by atoms with Crippen LogP contribution < -0.4 is 14.2 Å². The third-order valence-corrected chi connectivity index (χ3v) is 7.25. The molecule has 1 aliphatic heterocycles. The maximum atomic E-state index is 13.0. The summed E-state index contributed by atoms with van der Waals surface area (Å²) in [5, 5.41) is 0.745. The first-order valence-electron chi connectivity index (χ1n) is 12.0. The van der Waals surface area contributed by atoms with Crippen LogP contribution in [-0.2, 0) is 11.4 Å². The summed E-state index contributed by atoms with van der Waals surface area (Å²) in [7, 11) is 0. The fraction of sp³-hybridized carbons (Fsp3) is 0.241. The SMILES string of the molecule is CCOc1cc(/C=C2\SC(=O)N(CCOc3cc(C)ccc3C)C2=O)ccc1OCc1ccc(Cl)cc1Cl. The van der Waals surface area contributed by atoms with Crippen molar-refractivity contribution in [2.75, 3.05) is 19.8 Å². The zero-order chi connectivity index (χ0) is 27.2. The first kappa shape index (κ1) is 27.9. The van der Waals surface area contributed by atoms with E-state index in [0.29, 0.717) is 38.6 Å². The van der Waals surface area contributed by atoms with E-state index in [0.717, 1.165) is 34.2 Å². The summed E-state index contributed by atoms with van der Waals surface area (Å²) in [6, 6.07) is 16.5. The number of carbonyl (C=O) groups excluding carboxylic acids is 2. The Morgan fingerprint density at radius 3 is 2.47 bits per heavy atom. The second-order valence-electron chi connectivity index (χ2n) is 8.61. The van der Waals surface area contributed by atoms with Crippen molar-refractivity contribution < 1.29 is 23.8 Å². The first-order chi connectivity index (χ1) is 18.2. The highest BCUT2D eigenvalue weighted by atomic mass is 35.5. The average molecular weight is 573 g/mol. The van der Waals surface area contributed by atoms with Gasteiger partial charge in [0, 0.05) is 15.6 Å². The van der Waals surface area contributed by atoms with E-state index in [1.807, 2.05) is 45.0 Å². The molecule has 9 heteroatoms. The molecule has 0 unspecified atom stereocenters. The topological polar surface area (TPSA) is 65.1 Å². The maximum absolute atomic E-state index is 13.0. The van der Waals surface area contributed by atoms with Crippen molar-refractivity contribution in [3.05, 3.63) is 91.8 Å². The summed E-state index contributed by atoms with van der Waals surface area (Å²) in [6.07, 6.45) is 1.68. The van der Waals surface area contributed by atoms with E-state index in [9.17, 15) is 9.59 Å². The van der Waals surface area contributed by atoms with Crippen molar-refractivity contribution >= 4 is 52.2 Å². The van der Waals surface area contributed by atoms with Gasteiger partial charge in [0.25, 0.3) is 11.1 Å². The Balaban J connectivity index is 1.43. The summed E-state index contributed by atoms with van der Waals surface area (Å²) in [5.41, 5.74) is 3.58. The quantitative estimate of drug-likeness (QED) is 0.232. The van der Waals surface area contributed by atoms with Crippen molar-refractivity contribution in [3.63, 3.8) is 0 Å². The highest BCUT2D eigenvalue weighted by Gasteiger charge is 2.34. The molecule has 1 aliphatic rings. The normalized spacial score (nSPS) is 14.3. The fourth-order valence-corrected chi connectivity index (χ4v) is 5.08. The minimum absolute atomic E-state index is 0.166. The van der Waals surface area contributed by atoms with Crippen LogP contribution in [0.2, 0.25) is 10.0 Å². The molecule has 6 nitrogen and oxygen atoms in total. The van der Waals surface area contributed by atoms with E-state index in [1.54, 1.807) is 36.4 Å². The third-order valence-electron chi connectivity index (χ3n) is 5.75. The molecule has 1 heterocycles. The third kappa shape index (κ3) is 6.84. The zero-order valence-electron chi connectivity index (χ0n) is 21.3.